The number of benzene rings is 2. The van der Waals surface area contributed by atoms with Gasteiger partial charge in [-0.15, -0.1) is 0 Å². The molecule has 0 aromatic heterocycles. The highest BCUT2D eigenvalue weighted by molar-refractivity contribution is 6.35. The molecule has 0 fully saturated rings. The lowest BCUT2D eigenvalue weighted by atomic mass is 10.2. The van der Waals surface area contributed by atoms with Crippen LogP contribution in [-0.4, -0.2) is 12.2 Å². The molecular formula is C16H15Cl3N2O4. The van der Waals surface area contributed by atoms with Crippen LogP contribution in [0.25, 0.3) is 0 Å². The fourth-order valence-corrected chi connectivity index (χ4v) is 2.11. The molecule has 0 heterocycles. The van der Waals surface area contributed by atoms with Crippen molar-refractivity contribution in [2.75, 3.05) is 0 Å². The third-order valence-corrected chi connectivity index (χ3v) is 3.52. The van der Waals surface area contributed by atoms with Gasteiger partial charge in [-0.05, 0) is 29.8 Å². The van der Waals surface area contributed by atoms with Gasteiger partial charge in [0.25, 0.3) is 0 Å². The van der Waals surface area contributed by atoms with Crippen molar-refractivity contribution in [1.82, 2.24) is 0 Å². The highest BCUT2D eigenvalue weighted by atomic mass is 35.5. The van der Waals surface area contributed by atoms with Crippen LogP contribution in [-0.2, 0) is 22.7 Å². The number of hydrogen-bond donors (Lipinski definition) is 2. The smallest absolute Gasteiger partial charge is 0.404 e. The molecule has 0 bridgehead atoms. The molecular weight excluding hydrogens is 391 g/mol. The summed E-state index contributed by atoms with van der Waals surface area (Å²) in [4.78, 5) is 20.5. The number of halogens is 3. The fourth-order valence-electron chi connectivity index (χ4n) is 1.52. The van der Waals surface area contributed by atoms with Crippen molar-refractivity contribution in [3.8, 4) is 0 Å². The molecule has 0 spiro atoms. The molecule has 0 aliphatic rings. The maximum Gasteiger partial charge on any atom is 0.404 e. The quantitative estimate of drug-likeness (QED) is 0.780. The van der Waals surface area contributed by atoms with E-state index in [4.69, 9.17) is 46.3 Å². The van der Waals surface area contributed by atoms with Crippen LogP contribution < -0.4 is 11.5 Å². The minimum atomic E-state index is -0.828. The molecule has 9 heteroatoms. The number of rotatable bonds is 4. The molecule has 0 saturated carbocycles. The maximum absolute atomic E-state index is 10.3. The van der Waals surface area contributed by atoms with Crippen LogP contribution in [0.5, 0.6) is 0 Å². The number of carbonyl (C=O) groups is 2. The number of ether oxygens (including phenoxy) is 2. The Labute approximate surface area is 159 Å². The molecule has 2 aromatic carbocycles. The Bertz CT molecular complexity index is 724. The van der Waals surface area contributed by atoms with Gasteiger partial charge >= 0.3 is 12.2 Å². The molecule has 2 amide bonds. The van der Waals surface area contributed by atoms with E-state index in [1.54, 1.807) is 42.5 Å². The van der Waals surface area contributed by atoms with Crippen molar-refractivity contribution >= 4 is 47.0 Å². The first-order valence-corrected chi connectivity index (χ1v) is 7.94. The lowest BCUT2D eigenvalue weighted by Gasteiger charge is -2.03. The Balaban J connectivity index is 0.000000251. The van der Waals surface area contributed by atoms with Gasteiger partial charge in [-0.3, -0.25) is 0 Å². The Hall–Kier alpha value is -2.15. The predicted octanol–water partition coefficient (Wildman–Crippen LogP) is 4.52. The van der Waals surface area contributed by atoms with Crippen molar-refractivity contribution in [2.45, 2.75) is 13.2 Å². The van der Waals surface area contributed by atoms with Crippen molar-refractivity contribution in [3.63, 3.8) is 0 Å². The van der Waals surface area contributed by atoms with Gasteiger partial charge in [-0.1, -0.05) is 53.0 Å². The zero-order valence-corrected chi connectivity index (χ0v) is 15.1. The highest BCUT2D eigenvalue weighted by Crippen LogP contribution is 2.21. The van der Waals surface area contributed by atoms with E-state index in [1.807, 2.05) is 0 Å². The van der Waals surface area contributed by atoms with Crippen LogP contribution in [0.2, 0.25) is 15.1 Å². The summed E-state index contributed by atoms with van der Waals surface area (Å²) < 4.78 is 9.12. The first kappa shape index (κ1) is 20.9. The maximum atomic E-state index is 10.3. The second kappa shape index (κ2) is 10.7. The monoisotopic (exact) mass is 404 g/mol. The van der Waals surface area contributed by atoms with Crippen molar-refractivity contribution in [3.05, 3.63) is 68.7 Å². The van der Waals surface area contributed by atoms with E-state index in [0.29, 0.717) is 20.6 Å². The molecule has 2 rings (SSSR count). The van der Waals surface area contributed by atoms with Crippen LogP contribution in [0.15, 0.2) is 42.5 Å². The summed E-state index contributed by atoms with van der Waals surface area (Å²) in [5, 5.41) is 1.64. The van der Waals surface area contributed by atoms with Crippen molar-refractivity contribution < 1.29 is 19.1 Å². The molecule has 6 nitrogen and oxygen atoms in total. The Morgan fingerprint density at radius 2 is 1.32 bits per heavy atom. The summed E-state index contributed by atoms with van der Waals surface area (Å²) in [7, 11) is 0. The third kappa shape index (κ3) is 9.05. The summed E-state index contributed by atoms with van der Waals surface area (Å²) in [6.07, 6.45) is -1.60. The summed E-state index contributed by atoms with van der Waals surface area (Å²) in [5.74, 6) is 0. The molecule has 0 saturated heterocycles. The molecule has 25 heavy (non-hydrogen) atoms. The first-order valence-electron chi connectivity index (χ1n) is 6.80. The van der Waals surface area contributed by atoms with E-state index < -0.39 is 12.2 Å². The van der Waals surface area contributed by atoms with Crippen molar-refractivity contribution in [1.29, 1.82) is 0 Å². The van der Waals surface area contributed by atoms with E-state index in [-0.39, 0.29) is 13.2 Å². The SMILES string of the molecule is NC(=O)OCc1ccc(Cl)cc1.NC(=O)OCc1ccc(Cl)cc1Cl. The largest absolute Gasteiger partial charge is 0.445 e. The van der Waals surface area contributed by atoms with Gasteiger partial charge in [-0.25, -0.2) is 9.59 Å². The molecule has 134 valence electrons. The summed E-state index contributed by atoms with van der Waals surface area (Å²) >= 11 is 17.1. The summed E-state index contributed by atoms with van der Waals surface area (Å²) in [5.41, 5.74) is 11.1. The average Bonchev–Trinajstić information content (AvgIpc) is 2.54. The lowest BCUT2D eigenvalue weighted by Crippen LogP contribution is -2.12. The van der Waals surface area contributed by atoms with Gasteiger partial charge in [0.2, 0.25) is 0 Å². The van der Waals surface area contributed by atoms with Crippen LogP contribution in [0.3, 0.4) is 0 Å². The summed E-state index contributed by atoms with van der Waals surface area (Å²) in [6.45, 7) is 0.248. The molecule has 4 N–H and O–H groups in total. The second-order valence-electron chi connectivity index (χ2n) is 4.58. The van der Waals surface area contributed by atoms with Crippen molar-refractivity contribution in [2.24, 2.45) is 11.5 Å². The van der Waals surface area contributed by atoms with Gasteiger partial charge in [0, 0.05) is 20.6 Å². The van der Waals surface area contributed by atoms with Crippen LogP contribution in [0.4, 0.5) is 9.59 Å². The van der Waals surface area contributed by atoms with Gasteiger partial charge in [0.15, 0.2) is 0 Å². The molecule has 0 unspecified atom stereocenters. The molecule has 2 aromatic rings. The number of primary amides is 2. The van der Waals surface area contributed by atoms with Gasteiger partial charge in [0.05, 0.1) is 0 Å². The van der Waals surface area contributed by atoms with Gasteiger partial charge < -0.3 is 20.9 Å². The van der Waals surface area contributed by atoms with E-state index >= 15 is 0 Å². The Kier molecular flexibility index (Phi) is 8.91. The van der Waals surface area contributed by atoms with Gasteiger partial charge in [0.1, 0.15) is 13.2 Å². The molecule has 0 atom stereocenters. The zero-order chi connectivity index (χ0) is 18.8. The van der Waals surface area contributed by atoms with Crippen LogP contribution >= 0.6 is 34.8 Å². The predicted molar refractivity (Wildman–Crippen MR) is 96.7 cm³/mol. The van der Waals surface area contributed by atoms with E-state index in [1.165, 1.54) is 0 Å². The topological polar surface area (TPSA) is 105 Å². The second-order valence-corrected chi connectivity index (χ2v) is 5.86. The standard InChI is InChI=1S/C8H7Cl2NO2.C8H8ClNO2/c9-6-2-1-5(7(10)3-6)4-13-8(11)12;9-7-3-1-6(2-4-7)5-12-8(10)11/h1-3H,4H2,(H2,11,12);1-4H,5H2,(H2,10,11). The van der Waals surface area contributed by atoms with Crippen LogP contribution in [0.1, 0.15) is 11.1 Å². The van der Waals surface area contributed by atoms with Crippen LogP contribution in [0, 0.1) is 0 Å². The van der Waals surface area contributed by atoms with Gasteiger partial charge in [-0.2, -0.15) is 0 Å². The molecule has 0 aliphatic heterocycles. The Morgan fingerprint density at radius 1 is 0.800 bits per heavy atom. The summed E-state index contributed by atoms with van der Waals surface area (Å²) in [6, 6.07) is 11.9. The fraction of sp³-hybridized carbons (Fsp3) is 0.125. The molecule has 0 radical (unpaired) electrons. The van der Waals surface area contributed by atoms with E-state index in [0.717, 1.165) is 5.56 Å². The van der Waals surface area contributed by atoms with E-state index in [2.05, 4.69) is 9.47 Å². The average molecular weight is 406 g/mol. The zero-order valence-electron chi connectivity index (χ0n) is 12.9. The lowest BCUT2D eigenvalue weighted by molar-refractivity contribution is 0.149. The Morgan fingerprint density at radius 3 is 1.84 bits per heavy atom. The number of hydrogen-bond acceptors (Lipinski definition) is 4. The van der Waals surface area contributed by atoms with E-state index in [9.17, 15) is 9.59 Å². The minimum absolute atomic E-state index is 0.0608. The number of amides is 2. The number of carbonyl (C=O) groups excluding carboxylic acids is 2. The normalized spacial score (nSPS) is 9.56. The molecule has 0 aliphatic carbocycles. The minimum Gasteiger partial charge on any atom is -0.445 e. The number of nitrogens with two attached hydrogens (primary N) is 2. The third-order valence-electron chi connectivity index (χ3n) is 2.68. The first-order chi connectivity index (χ1) is 11.8. The highest BCUT2D eigenvalue weighted by Gasteiger charge is 2.02.